The highest BCUT2D eigenvalue weighted by atomic mass is 16.2. The van der Waals surface area contributed by atoms with Crippen LogP contribution in [0.3, 0.4) is 0 Å². The number of carbonyl (C=O) groups excluding carboxylic acids is 2. The summed E-state index contributed by atoms with van der Waals surface area (Å²) < 4.78 is 0. The van der Waals surface area contributed by atoms with E-state index < -0.39 is 5.54 Å². The molecule has 2 saturated carbocycles. The van der Waals surface area contributed by atoms with Gasteiger partial charge in [-0.2, -0.15) is 0 Å². The first-order valence-corrected chi connectivity index (χ1v) is 10.8. The summed E-state index contributed by atoms with van der Waals surface area (Å²) in [5.41, 5.74) is -0.650. The molecule has 3 rings (SSSR count). The number of likely N-dealkylation sites (tertiary alicyclic amines) is 1. The Balaban J connectivity index is 1.50. The smallest absolute Gasteiger partial charge is 0.245 e. The van der Waals surface area contributed by atoms with Crippen molar-refractivity contribution in [2.75, 3.05) is 20.1 Å². The third-order valence-corrected chi connectivity index (χ3v) is 6.99. The van der Waals surface area contributed by atoms with Crippen molar-refractivity contribution < 1.29 is 9.59 Å². The van der Waals surface area contributed by atoms with Crippen LogP contribution in [0.1, 0.15) is 84.0 Å². The molecule has 148 valence electrons. The average molecular weight is 364 g/mol. The lowest BCUT2D eigenvalue weighted by atomic mass is 9.94. The number of hydrogen-bond donors (Lipinski definition) is 1. The summed E-state index contributed by atoms with van der Waals surface area (Å²) in [6.45, 7) is 3.67. The van der Waals surface area contributed by atoms with Gasteiger partial charge in [-0.3, -0.25) is 9.59 Å². The SMILES string of the molecule is CN(CCCN1C(=O)CCC1(C)C(=O)NC1CCCC1)C1CCCCC1. The maximum Gasteiger partial charge on any atom is 0.245 e. The molecule has 0 aromatic carbocycles. The van der Waals surface area contributed by atoms with Crippen molar-refractivity contribution in [2.45, 2.75) is 102 Å². The van der Waals surface area contributed by atoms with Crippen LogP contribution in [0.15, 0.2) is 0 Å². The first-order chi connectivity index (χ1) is 12.5. The molecule has 2 aliphatic carbocycles. The van der Waals surface area contributed by atoms with Crippen LogP contribution in [-0.4, -0.2) is 59.4 Å². The van der Waals surface area contributed by atoms with Gasteiger partial charge in [-0.05, 0) is 59.0 Å². The molecule has 0 bridgehead atoms. The van der Waals surface area contributed by atoms with Crippen LogP contribution in [-0.2, 0) is 9.59 Å². The Morgan fingerprint density at radius 3 is 2.50 bits per heavy atom. The summed E-state index contributed by atoms with van der Waals surface area (Å²) in [7, 11) is 2.22. The van der Waals surface area contributed by atoms with Gasteiger partial charge in [0.2, 0.25) is 11.8 Å². The molecule has 1 N–H and O–H groups in total. The zero-order valence-corrected chi connectivity index (χ0v) is 16.8. The molecule has 0 aromatic rings. The van der Waals surface area contributed by atoms with Crippen LogP contribution in [0.4, 0.5) is 0 Å². The maximum absolute atomic E-state index is 12.9. The number of amides is 2. The minimum Gasteiger partial charge on any atom is -0.351 e. The fourth-order valence-electron chi connectivity index (χ4n) is 5.10. The zero-order valence-electron chi connectivity index (χ0n) is 16.8. The normalized spacial score (nSPS) is 28.3. The quantitative estimate of drug-likeness (QED) is 0.756. The molecule has 1 heterocycles. The van der Waals surface area contributed by atoms with Gasteiger partial charge in [0, 0.05) is 25.0 Å². The lowest BCUT2D eigenvalue weighted by Gasteiger charge is -2.36. The van der Waals surface area contributed by atoms with E-state index in [0.717, 1.165) is 25.8 Å². The first kappa shape index (κ1) is 19.7. The van der Waals surface area contributed by atoms with E-state index in [1.54, 1.807) is 0 Å². The van der Waals surface area contributed by atoms with Gasteiger partial charge in [-0.25, -0.2) is 0 Å². The molecular weight excluding hydrogens is 326 g/mol. The van der Waals surface area contributed by atoms with Gasteiger partial charge in [0.15, 0.2) is 0 Å². The summed E-state index contributed by atoms with van der Waals surface area (Å²) in [6, 6.07) is 1.02. The monoisotopic (exact) mass is 363 g/mol. The summed E-state index contributed by atoms with van der Waals surface area (Å²) >= 11 is 0. The van der Waals surface area contributed by atoms with E-state index in [0.29, 0.717) is 31.5 Å². The van der Waals surface area contributed by atoms with Crippen molar-refractivity contribution in [1.82, 2.24) is 15.1 Å². The summed E-state index contributed by atoms with van der Waals surface area (Å²) in [6.07, 6.45) is 13.4. The summed E-state index contributed by atoms with van der Waals surface area (Å²) in [4.78, 5) is 29.7. The molecule has 0 aromatic heterocycles. The first-order valence-electron chi connectivity index (χ1n) is 10.8. The zero-order chi connectivity index (χ0) is 18.6. The number of hydrogen-bond acceptors (Lipinski definition) is 3. The maximum atomic E-state index is 12.9. The van der Waals surface area contributed by atoms with Crippen molar-refractivity contribution in [2.24, 2.45) is 0 Å². The Bertz CT molecular complexity index is 497. The van der Waals surface area contributed by atoms with E-state index in [1.807, 2.05) is 11.8 Å². The largest absolute Gasteiger partial charge is 0.351 e. The van der Waals surface area contributed by atoms with Crippen LogP contribution in [0.5, 0.6) is 0 Å². The van der Waals surface area contributed by atoms with E-state index in [-0.39, 0.29) is 11.8 Å². The van der Waals surface area contributed by atoms with Gasteiger partial charge >= 0.3 is 0 Å². The highest BCUT2D eigenvalue weighted by Crippen LogP contribution is 2.31. The Morgan fingerprint density at radius 1 is 1.15 bits per heavy atom. The van der Waals surface area contributed by atoms with Gasteiger partial charge in [0.1, 0.15) is 5.54 Å². The molecular formula is C21H37N3O2. The van der Waals surface area contributed by atoms with Gasteiger partial charge < -0.3 is 15.1 Å². The third-order valence-electron chi connectivity index (χ3n) is 6.99. The molecule has 0 spiro atoms. The van der Waals surface area contributed by atoms with Crippen LogP contribution in [0.2, 0.25) is 0 Å². The Kier molecular flexibility index (Phi) is 6.60. The second-order valence-electron chi connectivity index (χ2n) is 8.90. The molecule has 1 aliphatic heterocycles. The highest BCUT2D eigenvalue weighted by Gasteiger charge is 2.47. The lowest BCUT2D eigenvalue weighted by molar-refractivity contribution is -0.141. The Labute approximate surface area is 158 Å². The van der Waals surface area contributed by atoms with Gasteiger partial charge in [-0.15, -0.1) is 0 Å². The minimum atomic E-state index is -0.650. The van der Waals surface area contributed by atoms with Gasteiger partial charge in [0.25, 0.3) is 0 Å². The van der Waals surface area contributed by atoms with E-state index in [2.05, 4.69) is 17.3 Å². The molecule has 2 amide bonds. The predicted molar refractivity (Wildman–Crippen MR) is 104 cm³/mol. The van der Waals surface area contributed by atoms with E-state index >= 15 is 0 Å². The van der Waals surface area contributed by atoms with E-state index in [4.69, 9.17) is 0 Å². The predicted octanol–water partition coefficient (Wildman–Crippen LogP) is 3.08. The molecule has 5 nitrogen and oxygen atoms in total. The number of nitrogens with one attached hydrogen (secondary N) is 1. The molecule has 1 saturated heterocycles. The molecule has 26 heavy (non-hydrogen) atoms. The molecule has 1 atom stereocenters. The van der Waals surface area contributed by atoms with Crippen LogP contribution >= 0.6 is 0 Å². The van der Waals surface area contributed by atoms with Crippen molar-refractivity contribution in [3.05, 3.63) is 0 Å². The number of carbonyl (C=O) groups is 2. The van der Waals surface area contributed by atoms with Crippen molar-refractivity contribution in [1.29, 1.82) is 0 Å². The second-order valence-corrected chi connectivity index (χ2v) is 8.90. The summed E-state index contributed by atoms with van der Waals surface area (Å²) in [5, 5.41) is 3.22. The standard InChI is InChI=1S/C21H37N3O2/c1-21(20(26)22-17-9-6-7-10-17)14-13-19(25)24(21)16-8-15-23(2)18-11-4-3-5-12-18/h17-18H,3-16H2,1-2H3,(H,22,26). The Hall–Kier alpha value is -1.10. The number of nitrogens with zero attached hydrogens (tertiary/aromatic N) is 2. The second kappa shape index (κ2) is 8.73. The van der Waals surface area contributed by atoms with Crippen LogP contribution < -0.4 is 5.32 Å². The fourth-order valence-corrected chi connectivity index (χ4v) is 5.10. The summed E-state index contributed by atoms with van der Waals surface area (Å²) in [5.74, 6) is 0.213. The molecule has 1 unspecified atom stereocenters. The highest BCUT2D eigenvalue weighted by molar-refractivity contribution is 5.94. The molecule has 0 radical (unpaired) electrons. The molecule has 5 heteroatoms. The van der Waals surface area contributed by atoms with Crippen LogP contribution in [0, 0.1) is 0 Å². The Morgan fingerprint density at radius 2 is 1.81 bits per heavy atom. The lowest BCUT2D eigenvalue weighted by Crippen LogP contribution is -2.56. The van der Waals surface area contributed by atoms with Crippen LogP contribution in [0.25, 0.3) is 0 Å². The number of rotatable bonds is 7. The van der Waals surface area contributed by atoms with Gasteiger partial charge in [-0.1, -0.05) is 32.1 Å². The van der Waals surface area contributed by atoms with Gasteiger partial charge in [0.05, 0.1) is 0 Å². The van der Waals surface area contributed by atoms with Crippen molar-refractivity contribution in [3.63, 3.8) is 0 Å². The third kappa shape index (κ3) is 4.41. The van der Waals surface area contributed by atoms with Crippen molar-refractivity contribution in [3.8, 4) is 0 Å². The fraction of sp³-hybridized carbons (Fsp3) is 0.905. The van der Waals surface area contributed by atoms with E-state index in [9.17, 15) is 9.59 Å². The average Bonchev–Trinajstić information content (AvgIpc) is 3.26. The molecule has 3 fully saturated rings. The minimum absolute atomic E-state index is 0.0656. The van der Waals surface area contributed by atoms with Crippen molar-refractivity contribution >= 4 is 11.8 Å². The van der Waals surface area contributed by atoms with E-state index in [1.165, 1.54) is 44.9 Å². The topological polar surface area (TPSA) is 52.7 Å². The molecule has 3 aliphatic rings.